The molecule has 1 N–H and O–H groups in total. The molecule has 5 nitrogen and oxygen atoms in total. The normalized spacial score (nSPS) is 10.3. The van der Waals surface area contributed by atoms with Gasteiger partial charge in [0.1, 0.15) is 11.4 Å². The fourth-order valence-corrected chi connectivity index (χ4v) is 1.64. The first-order chi connectivity index (χ1) is 8.63. The fourth-order valence-electron chi connectivity index (χ4n) is 1.64. The first-order valence-electron chi connectivity index (χ1n) is 5.20. The van der Waals surface area contributed by atoms with Gasteiger partial charge in [-0.2, -0.15) is 5.10 Å². The van der Waals surface area contributed by atoms with E-state index < -0.39 is 5.97 Å². The van der Waals surface area contributed by atoms with Crippen LogP contribution >= 0.6 is 0 Å². The zero-order valence-electron chi connectivity index (χ0n) is 9.63. The Bertz CT molecular complexity index is 580. The lowest BCUT2D eigenvalue weighted by Crippen LogP contribution is -2.07. The van der Waals surface area contributed by atoms with Crippen molar-refractivity contribution in [3.05, 3.63) is 47.4 Å². The largest absolute Gasteiger partial charge is 0.481 e. The van der Waals surface area contributed by atoms with Crippen molar-refractivity contribution < 1.29 is 19.0 Å². The Morgan fingerprint density at radius 1 is 1.50 bits per heavy atom. The van der Waals surface area contributed by atoms with Crippen LogP contribution in [0.25, 0.3) is 0 Å². The molecule has 0 aliphatic heterocycles. The molecule has 0 fully saturated rings. The van der Waals surface area contributed by atoms with Crippen LogP contribution in [0.2, 0.25) is 0 Å². The number of carboxylic acid groups (broad SMARTS) is 1. The van der Waals surface area contributed by atoms with Gasteiger partial charge in [-0.05, 0) is 6.07 Å². The van der Waals surface area contributed by atoms with E-state index in [-0.39, 0.29) is 23.8 Å². The van der Waals surface area contributed by atoms with E-state index in [1.165, 1.54) is 24.1 Å². The summed E-state index contributed by atoms with van der Waals surface area (Å²) in [5, 5.41) is 12.8. The first kappa shape index (κ1) is 12.1. The second-order valence-electron chi connectivity index (χ2n) is 3.62. The molecular formula is C12H11FN2O3. The highest BCUT2D eigenvalue weighted by molar-refractivity contribution is 5.89. The zero-order valence-corrected chi connectivity index (χ0v) is 9.63. The van der Waals surface area contributed by atoms with Crippen molar-refractivity contribution in [3.8, 4) is 5.88 Å². The molecule has 0 unspecified atom stereocenters. The van der Waals surface area contributed by atoms with Gasteiger partial charge in [-0.3, -0.25) is 0 Å². The molecule has 0 radical (unpaired) electrons. The molecule has 0 atom stereocenters. The fraction of sp³-hybridized carbons (Fsp3) is 0.167. The van der Waals surface area contributed by atoms with Gasteiger partial charge in [0, 0.05) is 5.56 Å². The summed E-state index contributed by atoms with van der Waals surface area (Å²) in [7, 11) is 1.35. The highest BCUT2D eigenvalue weighted by atomic mass is 19.1. The Kier molecular flexibility index (Phi) is 3.27. The van der Waals surface area contributed by atoms with Gasteiger partial charge in [0.15, 0.2) is 0 Å². The number of hydrogen-bond acceptors (Lipinski definition) is 3. The molecule has 6 heteroatoms. The third-order valence-corrected chi connectivity index (χ3v) is 2.49. The maximum atomic E-state index is 13.5. The lowest BCUT2D eigenvalue weighted by molar-refractivity contribution is 0.0693. The number of nitrogens with zero attached hydrogens (tertiary/aromatic N) is 2. The van der Waals surface area contributed by atoms with Gasteiger partial charge in [0.05, 0.1) is 19.9 Å². The molecule has 1 aromatic carbocycles. The number of carbonyl (C=O) groups is 1. The lowest BCUT2D eigenvalue weighted by atomic mass is 10.2. The van der Waals surface area contributed by atoms with E-state index >= 15 is 0 Å². The van der Waals surface area contributed by atoms with E-state index in [4.69, 9.17) is 9.84 Å². The van der Waals surface area contributed by atoms with E-state index in [0.29, 0.717) is 5.56 Å². The average Bonchev–Trinajstić information content (AvgIpc) is 2.75. The maximum Gasteiger partial charge on any atom is 0.342 e. The van der Waals surface area contributed by atoms with Crippen molar-refractivity contribution in [2.24, 2.45) is 0 Å². The zero-order chi connectivity index (χ0) is 13.1. The van der Waals surface area contributed by atoms with Crippen LogP contribution in [0.4, 0.5) is 4.39 Å². The number of aromatic carboxylic acids is 1. The predicted molar refractivity (Wildman–Crippen MR) is 61.2 cm³/mol. The number of benzene rings is 1. The summed E-state index contributed by atoms with van der Waals surface area (Å²) in [4.78, 5) is 10.9. The Balaban J connectivity index is 2.35. The standard InChI is InChI=1S/C12H11FN2O3/c1-18-11-9(12(16)17)6-14-15(11)7-8-4-2-3-5-10(8)13/h2-6H,7H2,1H3,(H,16,17). The van der Waals surface area contributed by atoms with Crippen LogP contribution in [0, 0.1) is 5.82 Å². The molecule has 94 valence electrons. The second-order valence-corrected chi connectivity index (χ2v) is 3.62. The minimum atomic E-state index is -1.13. The molecule has 1 aromatic heterocycles. The van der Waals surface area contributed by atoms with E-state index in [2.05, 4.69) is 5.10 Å². The number of carboxylic acids is 1. The van der Waals surface area contributed by atoms with Gasteiger partial charge in [-0.1, -0.05) is 18.2 Å². The number of aromatic nitrogens is 2. The van der Waals surface area contributed by atoms with Gasteiger partial charge in [0.25, 0.3) is 0 Å². The molecule has 2 aromatic rings. The summed E-state index contributed by atoms with van der Waals surface area (Å²) in [5.41, 5.74) is 0.365. The molecule has 18 heavy (non-hydrogen) atoms. The van der Waals surface area contributed by atoms with Crippen molar-refractivity contribution in [3.63, 3.8) is 0 Å². The van der Waals surface area contributed by atoms with E-state index in [0.717, 1.165) is 0 Å². The smallest absolute Gasteiger partial charge is 0.342 e. The summed E-state index contributed by atoms with van der Waals surface area (Å²) in [6.07, 6.45) is 1.18. The molecule has 0 bridgehead atoms. The molecule has 0 aliphatic rings. The SMILES string of the molecule is COc1c(C(=O)O)cnn1Cc1ccccc1F. The topological polar surface area (TPSA) is 64.3 Å². The number of rotatable bonds is 4. The predicted octanol–water partition coefficient (Wildman–Crippen LogP) is 1.78. The van der Waals surface area contributed by atoms with Crippen LogP contribution in [0.15, 0.2) is 30.5 Å². The summed E-state index contributed by atoms with van der Waals surface area (Å²) in [6.45, 7) is 0.114. The van der Waals surface area contributed by atoms with Crippen molar-refractivity contribution in [1.82, 2.24) is 9.78 Å². The van der Waals surface area contributed by atoms with Crippen LogP contribution in [-0.4, -0.2) is 28.0 Å². The van der Waals surface area contributed by atoms with E-state index in [1.54, 1.807) is 18.2 Å². The van der Waals surface area contributed by atoms with Crippen LogP contribution in [0.5, 0.6) is 5.88 Å². The molecular weight excluding hydrogens is 239 g/mol. The van der Waals surface area contributed by atoms with Crippen LogP contribution in [-0.2, 0) is 6.54 Å². The third-order valence-electron chi connectivity index (χ3n) is 2.49. The maximum absolute atomic E-state index is 13.5. The molecule has 2 rings (SSSR count). The third kappa shape index (κ3) is 2.17. The quantitative estimate of drug-likeness (QED) is 0.898. The Hall–Kier alpha value is -2.37. The van der Waals surface area contributed by atoms with Crippen molar-refractivity contribution in [2.75, 3.05) is 7.11 Å². The summed E-state index contributed by atoms with van der Waals surface area (Å²) >= 11 is 0. The molecule has 0 aliphatic carbocycles. The van der Waals surface area contributed by atoms with Crippen molar-refractivity contribution in [2.45, 2.75) is 6.54 Å². The van der Waals surface area contributed by atoms with Crippen LogP contribution in [0.3, 0.4) is 0 Å². The Morgan fingerprint density at radius 2 is 2.22 bits per heavy atom. The monoisotopic (exact) mass is 250 g/mol. The highest BCUT2D eigenvalue weighted by Crippen LogP contribution is 2.19. The van der Waals surface area contributed by atoms with Gasteiger partial charge in [-0.25, -0.2) is 13.9 Å². The second kappa shape index (κ2) is 4.87. The number of halogens is 1. The Labute approximate surface area is 102 Å². The molecule has 0 saturated carbocycles. The minimum Gasteiger partial charge on any atom is -0.481 e. The molecule has 1 heterocycles. The van der Waals surface area contributed by atoms with Crippen molar-refractivity contribution in [1.29, 1.82) is 0 Å². The summed E-state index contributed by atoms with van der Waals surface area (Å²) < 4.78 is 19.8. The molecule has 0 spiro atoms. The molecule has 0 amide bonds. The summed E-state index contributed by atoms with van der Waals surface area (Å²) in [6, 6.07) is 6.23. The number of hydrogen-bond donors (Lipinski definition) is 1. The van der Waals surface area contributed by atoms with Gasteiger partial charge in [0.2, 0.25) is 5.88 Å². The summed E-state index contributed by atoms with van der Waals surface area (Å²) in [5.74, 6) is -1.40. The number of ether oxygens (including phenoxy) is 1. The van der Waals surface area contributed by atoms with Crippen molar-refractivity contribution >= 4 is 5.97 Å². The minimum absolute atomic E-state index is 0.0474. The first-order valence-corrected chi connectivity index (χ1v) is 5.20. The average molecular weight is 250 g/mol. The van der Waals surface area contributed by atoms with Crippen LogP contribution < -0.4 is 4.74 Å². The van der Waals surface area contributed by atoms with Crippen LogP contribution in [0.1, 0.15) is 15.9 Å². The molecule has 0 saturated heterocycles. The van der Waals surface area contributed by atoms with E-state index in [1.807, 2.05) is 0 Å². The Morgan fingerprint density at radius 3 is 2.83 bits per heavy atom. The number of methoxy groups -OCH3 is 1. The highest BCUT2D eigenvalue weighted by Gasteiger charge is 2.18. The van der Waals surface area contributed by atoms with Gasteiger partial charge in [-0.15, -0.1) is 0 Å². The van der Waals surface area contributed by atoms with Gasteiger partial charge < -0.3 is 9.84 Å². The van der Waals surface area contributed by atoms with E-state index in [9.17, 15) is 9.18 Å². The lowest BCUT2D eigenvalue weighted by Gasteiger charge is -2.07. The van der Waals surface area contributed by atoms with Gasteiger partial charge >= 0.3 is 5.97 Å².